The van der Waals surface area contributed by atoms with Crippen molar-refractivity contribution in [2.75, 3.05) is 19.8 Å². The van der Waals surface area contributed by atoms with Crippen molar-refractivity contribution in [2.45, 2.75) is 155 Å². The van der Waals surface area contributed by atoms with Crippen LogP contribution in [0.25, 0.3) is 0 Å². The normalized spacial score (nSPS) is 12.9. The van der Waals surface area contributed by atoms with Crippen molar-refractivity contribution in [1.82, 2.24) is 0 Å². The van der Waals surface area contributed by atoms with E-state index in [4.69, 9.17) is 14.2 Å². The second-order valence-corrected chi connectivity index (χ2v) is 11.4. The van der Waals surface area contributed by atoms with E-state index in [1.807, 2.05) is 0 Å². The fourth-order valence-electron chi connectivity index (χ4n) is 4.41. The largest absolute Gasteiger partial charge is 0.462 e. The highest BCUT2D eigenvalue weighted by Crippen LogP contribution is 2.10. The molecule has 5 nitrogen and oxygen atoms in total. The molecule has 0 aromatic rings. The minimum atomic E-state index is -0.548. The van der Waals surface area contributed by atoms with Gasteiger partial charge in [-0.2, -0.15) is 0 Å². The van der Waals surface area contributed by atoms with Gasteiger partial charge in [0.25, 0.3) is 0 Å². The molecular weight excluding hydrogens is 548 g/mol. The van der Waals surface area contributed by atoms with E-state index in [1.54, 1.807) is 0 Å². The Hall–Kier alpha value is -2.40. The highest BCUT2D eigenvalue weighted by atomic mass is 16.6. The zero-order chi connectivity index (χ0) is 32.2. The van der Waals surface area contributed by atoms with E-state index in [1.165, 1.54) is 25.7 Å². The highest BCUT2D eigenvalue weighted by Gasteiger charge is 2.17. The number of hydrogen-bond donors (Lipinski definition) is 0. The average Bonchev–Trinajstić information content (AvgIpc) is 3.02. The lowest BCUT2D eigenvalue weighted by molar-refractivity contribution is -0.163. The molecule has 44 heavy (non-hydrogen) atoms. The number of unbranched alkanes of at least 4 members (excludes halogenated alkanes) is 10. The van der Waals surface area contributed by atoms with Gasteiger partial charge in [-0.15, -0.1) is 0 Å². The summed E-state index contributed by atoms with van der Waals surface area (Å²) in [7, 11) is 0. The molecule has 1 unspecified atom stereocenters. The lowest BCUT2D eigenvalue weighted by Gasteiger charge is -2.18. The Bertz CT molecular complexity index is 792. The number of carbonyl (C=O) groups is 2. The van der Waals surface area contributed by atoms with E-state index in [2.05, 4.69) is 81.5 Å². The summed E-state index contributed by atoms with van der Waals surface area (Å²) in [6.07, 6.45) is 41.2. The van der Waals surface area contributed by atoms with Gasteiger partial charge in [0, 0.05) is 19.4 Å². The molecule has 0 spiro atoms. The molecule has 0 fully saturated rings. The lowest BCUT2D eigenvalue weighted by atomic mass is 10.1. The van der Waals surface area contributed by atoms with E-state index in [-0.39, 0.29) is 25.2 Å². The maximum atomic E-state index is 12.4. The van der Waals surface area contributed by atoms with Gasteiger partial charge in [0.05, 0.1) is 6.61 Å². The monoisotopic (exact) mass is 614 g/mol. The van der Waals surface area contributed by atoms with Crippen molar-refractivity contribution >= 4 is 11.9 Å². The van der Waals surface area contributed by atoms with Crippen LogP contribution in [0.2, 0.25) is 0 Å². The van der Waals surface area contributed by atoms with Gasteiger partial charge in [0.15, 0.2) is 6.10 Å². The third-order valence-corrected chi connectivity index (χ3v) is 7.07. The molecule has 0 rings (SSSR count). The second-order valence-electron chi connectivity index (χ2n) is 11.4. The molecule has 0 saturated heterocycles. The van der Waals surface area contributed by atoms with Crippen LogP contribution >= 0.6 is 0 Å². The Morgan fingerprint density at radius 3 is 1.57 bits per heavy atom. The molecule has 252 valence electrons. The number of carbonyl (C=O) groups excluding carboxylic acids is 2. The minimum Gasteiger partial charge on any atom is -0.462 e. The molecule has 0 aromatic heterocycles. The smallest absolute Gasteiger partial charge is 0.306 e. The summed E-state index contributed by atoms with van der Waals surface area (Å²) in [5.41, 5.74) is 0. The Balaban J connectivity index is 4.14. The number of rotatable bonds is 31. The first-order valence-electron chi connectivity index (χ1n) is 17.8. The molecule has 0 heterocycles. The van der Waals surface area contributed by atoms with Crippen LogP contribution in [0.3, 0.4) is 0 Å². The Kier molecular flexibility index (Phi) is 33.2. The van der Waals surface area contributed by atoms with Crippen molar-refractivity contribution in [2.24, 2.45) is 0 Å². The molecule has 0 bridgehead atoms. The summed E-state index contributed by atoms with van der Waals surface area (Å²) in [5.74, 6) is -0.455. The van der Waals surface area contributed by atoms with Crippen LogP contribution in [-0.2, 0) is 23.8 Å². The Morgan fingerprint density at radius 1 is 0.523 bits per heavy atom. The standard InChI is InChI=1S/C39H66O5/c1-4-7-10-13-14-15-16-17-18-19-20-21-22-23-24-25-28-31-34-42-35-37(44-39(41)33-30-27-12-9-6-3)36-43-38(40)32-29-26-11-8-5-2/h7,10,14-15,17-18,20-21,23-24,37H,4-6,8-9,11-13,16,19,22,25-36H2,1-3H3/b10-7-,15-14-,18-17-,21-20-,24-23-. The minimum absolute atomic E-state index is 0.0649. The van der Waals surface area contributed by atoms with Crippen molar-refractivity contribution in [3.63, 3.8) is 0 Å². The second kappa shape index (κ2) is 35.1. The SMILES string of the molecule is CC/C=C\C/C=C\C/C=C\C/C=C\C/C=C\CCCCOCC(COC(=O)CCCCCCC)OC(=O)CCCCCCC. The zero-order valence-corrected chi connectivity index (χ0v) is 28.7. The summed E-state index contributed by atoms with van der Waals surface area (Å²) in [6, 6.07) is 0. The van der Waals surface area contributed by atoms with Crippen LogP contribution in [0.4, 0.5) is 0 Å². The third-order valence-electron chi connectivity index (χ3n) is 7.07. The number of allylic oxidation sites excluding steroid dienone is 10. The van der Waals surface area contributed by atoms with Gasteiger partial charge < -0.3 is 14.2 Å². The Labute approximate surface area is 271 Å². The van der Waals surface area contributed by atoms with E-state index in [0.717, 1.165) is 89.9 Å². The third kappa shape index (κ3) is 32.5. The molecule has 0 aliphatic rings. The van der Waals surface area contributed by atoms with Gasteiger partial charge in [-0.05, 0) is 64.2 Å². The molecule has 0 aliphatic heterocycles. The number of esters is 2. The number of ether oxygens (including phenoxy) is 3. The van der Waals surface area contributed by atoms with Crippen LogP contribution in [0.5, 0.6) is 0 Å². The molecule has 1 atom stereocenters. The highest BCUT2D eigenvalue weighted by molar-refractivity contribution is 5.70. The molecule has 5 heteroatoms. The van der Waals surface area contributed by atoms with Crippen LogP contribution in [0.15, 0.2) is 60.8 Å². The van der Waals surface area contributed by atoms with Crippen molar-refractivity contribution in [1.29, 1.82) is 0 Å². The summed E-state index contributed by atoms with van der Waals surface area (Å²) in [5, 5.41) is 0. The van der Waals surface area contributed by atoms with E-state index >= 15 is 0 Å². The summed E-state index contributed by atoms with van der Waals surface area (Å²) < 4.78 is 16.9. The fourth-order valence-corrected chi connectivity index (χ4v) is 4.41. The first kappa shape index (κ1) is 41.6. The van der Waals surface area contributed by atoms with Gasteiger partial charge in [-0.3, -0.25) is 9.59 Å². The number of hydrogen-bond acceptors (Lipinski definition) is 5. The summed E-state index contributed by atoms with van der Waals surface area (Å²) >= 11 is 0. The lowest BCUT2D eigenvalue weighted by Crippen LogP contribution is -2.30. The summed E-state index contributed by atoms with van der Waals surface area (Å²) in [6.45, 7) is 7.43. The topological polar surface area (TPSA) is 61.8 Å². The Morgan fingerprint density at radius 2 is 1.02 bits per heavy atom. The summed E-state index contributed by atoms with van der Waals surface area (Å²) in [4.78, 5) is 24.5. The maximum Gasteiger partial charge on any atom is 0.306 e. The van der Waals surface area contributed by atoms with Crippen molar-refractivity contribution in [3.8, 4) is 0 Å². The van der Waals surface area contributed by atoms with E-state index in [9.17, 15) is 9.59 Å². The molecule has 0 radical (unpaired) electrons. The first-order valence-corrected chi connectivity index (χ1v) is 17.8. The van der Waals surface area contributed by atoms with Crippen molar-refractivity contribution < 1.29 is 23.8 Å². The van der Waals surface area contributed by atoms with Crippen LogP contribution < -0.4 is 0 Å². The van der Waals surface area contributed by atoms with Gasteiger partial charge in [-0.1, -0.05) is 133 Å². The predicted octanol–water partition coefficient (Wildman–Crippen LogP) is 11.1. The van der Waals surface area contributed by atoms with Gasteiger partial charge >= 0.3 is 11.9 Å². The molecule has 0 amide bonds. The van der Waals surface area contributed by atoms with Gasteiger partial charge in [0.1, 0.15) is 6.61 Å². The average molecular weight is 615 g/mol. The quantitative estimate of drug-likeness (QED) is 0.0441. The van der Waals surface area contributed by atoms with Crippen LogP contribution in [0, 0.1) is 0 Å². The van der Waals surface area contributed by atoms with Gasteiger partial charge in [-0.25, -0.2) is 0 Å². The molecule has 0 aromatic carbocycles. The van der Waals surface area contributed by atoms with Crippen LogP contribution in [-0.4, -0.2) is 37.9 Å². The molecule has 0 N–H and O–H groups in total. The molecule has 0 saturated carbocycles. The zero-order valence-electron chi connectivity index (χ0n) is 28.7. The molecule has 0 aliphatic carbocycles. The van der Waals surface area contributed by atoms with E-state index < -0.39 is 6.10 Å². The molecular formula is C39H66O5. The first-order chi connectivity index (χ1) is 21.6. The predicted molar refractivity (Wildman–Crippen MR) is 187 cm³/mol. The maximum absolute atomic E-state index is 12.4. The van der Waals surface area contributed by atoms with Crippen LogP contribution in [0.1, 0.15) is 149 Å². The van der Waals surface area contributed by atoms with E-state index in [0.29, 0.717) is 19.4 Å². The fraction of sp³-hybridized carbons (Fsp3) is 0.692. The van der Waals surface area contributed by atoms with Gasteiger partial charge in [0.2, 0.25) is 0 Å². The van der Waals surface area contributed by atoms with Crippen molar-refractivity contribution in [3.05, 3.63) is 60.8 Å².